The highest BCUT2D eigenvalue weighted by atomic mass is 35.5. The van der Waals surface area contributed by atoms with Gasteiger partial charge in [0.1, 0.15) is 10.6 Å². The summed E-state index contributed by atoms with van der Waals surface area (Å²) in [6, 6.07) is -3.30. The third kappa shape index (κ3) is 4.52. The smallest absolute Gasteiger partial charge is 0.338 e. The molecule has 8 N–H and O–H groups in total. The topological polar surface area (TPSA) is 185 Å². The normalized spacial score (nSPS) is 34.4. The Bertz CT molecular complexity index is 730. The molecule has 0 saturated carbocycles. The van der Waals surface area contributed by atoms with E-state index in [2.05, 4.69) is 5.32 Å². The summed E-state index contributed by atoms with van der Waals surface area (Å²) in [6.07, 6.45) is -3.65. The van der Waals surface area contributed by atoms with Crippen LogP contribution < -0.4 is 16.8 Å². The number of alkyl halides is 2. The number of nitrogens with one attached hydrogen (secondary N) is 1. The number of carbonyl (C=O) groups is 3. The van der Waals surface area contributed by atoms with Gasteiger partial charge < -0.3 is 31.5 Å². The summed E-state index contributed by atoms with van der Waals surface area (Å²) in [5.41, 5.74) is 8.99. The van der Waals surface area contributed by atoms with Crippen LogP contribution >= 0.6 is 23.2 Å². The number of esters is 1. The minimum atomic E-state index is -1.70. The Morgan fingerprint density at radius 1 is 1.38 bits per heavy atom. The lowest BCUT2D eigenvalue weighted by atomic mass is 9.70. The quantitative estimate of drug-likeness (QED) is 0.203. The zero-order valence-electron chi connectivity index (χ0n) is 15.8. The minimum absolute atomic E-state index is 0.270. The van der Waals surface area contributed by atoms with Gasteiger partial charge in [0, 0.05) is 18.8 Å². The predicted molar refractivity (Wildman–Crippen MR) is 103 cm³/mol. The minimum Gasteiger partial charge on any atom is -0.512 e. The number of rotatable bonds is 7. The lowest BCUT2D eigenvalue weighted by molar-refractivity contribution is -0.173. The van der Waals surface area contributed by atoms with E-state index >= 15 is 0 Å². The first-order valence-corrected chi connectivity index (χ1v) is 9.81. The summed E-state index contributed by atoms with van der Waals surface area (Å²) in [6.45, 7) is 2.81. The number of carbonyl (C=O) groups excluding carboxylic acids is 3. The van der Waals surface area contributed by atoms with Crippen molar-refractivity contribution in [3.63, 3.8) is 0 Å². The number of fused-ring (bicyclic) bond motifs is 1. The largest absolute Gasteiger partial charge is 0.512 e. The maximum absolute atomic E-state index is 12.5. The van der Waals surface area contributed by atoms with Crippen LogP contribution in [0.3, 0.4) is 0 Å². The second kappa shape index (κ2) is 8.75. The molecule has 1 fully saturated rings. The number of hydrogen-bond donors (Lipinski definition) is 6. The van der Waals surface area contributed by atoms with Gasteiger partial charge in [-0.25, -0.2) is 4.79 Å². The molecule has 7 unspecified atom stereocenters. The number of ether oxygens (including phenoxy) is 1. The molecule has 164 valence electrons. The zero-order chi connectivity index (χ0) is 22.3. The fourth-order valence-electron chi connectivity index (χ4n) is 3.62. The van der Waals surface area contributed by atoms with Crippen LogP contribution in [-0.2, 0) is 19.1 Å². The Balaban J connectivity index is 2.52. The highest BCUT2D eigenvalue weighted by molar-refractivity contribution is 6.45. The molecule has 10 nitrogen and oxygen atoms in total. The predicted octanol–water partition coefficient (Wildman–Crippen LogP) is -1.22. The number of cyclic esters (lactones) is 1. The van der Waals surface area contributed by atoms with Crippen molar-refractivity contribution in [2.75, 3.05) is 0 Å². The second-order valence-corrected chi connectivity index (χ2v) is 8.68. The number of Topliss-reactive ketones (excluding diaryl/α,β-unsaturated/α-hetero) is 1. The van der Waals surface area contributed by atoms with E-state index in [4.69, 9.17) is 39.4 Å². The van der Waals surface area contributed by atoms with Crippen molar-refractivity contribution in [3.05, 3.63) is 11.3 Å². The zero-order valence-corrected chi connectivity index (χ0v) is 17.4. The molecule has 12 heteroatoms. The fraction of sp³-hybridized carbons (Fsp3) is 0.706. The van der Waals surface area contributed by atoms with Gasteiger partial charge >= 0.3 is 5.97 Å². The van der Waals surface area contributed by atoms with E-state index in [0.717, 1.165) is 0 Å². The van der Waals surface area contributed by atoms with Crippen molar-refractivity contribution in [1.82, 2.24) is 5.32 Å². The Labute approximate surface area is 177 Å². The molecule has 0 aromatic rings. The molecular formula is C17H25Cl2N3O7. The first-order chi connectivity index (χ1) is 13.3. The Kier molecular flexibility index (Phi) is 7.19. The molecule has 1 aliphatic carbocycles. The summed E-state index contributed by atoms with van der Waals surface area (Å²) in [7, 11) is 0. The van der Waals surface area contributed by atoms with Crippen LogP contribution in [0.15, 0.2) is 11.3 Å². The number of ketones is 1. The monoisotopic (exact) mass is 453 g/mol. The lowest BCUT2D eigenvalue weighted by Gasteiger charge is -2.51. The van der Waals surface area contributed by atoms with Crippen molar-refractivity contribution < 1.29 is 34.4 Å². The first-order valence-electron chi connectivity index (χ1n) is 8.94. The molecule has 0 bridgehead atoms. The van der Waals surface area contributed by atoms with Gasteiger partial charge in [-0.2, -0.15) is 0 Å². The molecule has 1 amide bonds. The molecule has 2 rings (SSSR count). The molecule has 0 aromatic heterocycles. The van der Waals surface area contributed by atoms with E-state index in [0.29, 0.717) is 0 Å². The third-order valence-corrected chi connectivity index (χ3v) is 6.26. The number of halogens is 2. The Hall–Kier alpha value is -1.43. The fourth-order valence-corrected chi connectivity index (χ4v) is 3.98. The third-order valence-electron chi connectivity index (χ3n) is 5.39. The number of aliphatic hydroxyl groups is 3. The van der Waals surface area contributed by atoms with Crippen molar-refractivity contribution in [1.29, 1.82) is 0 Å². The van der Waals surface area contributed by atoms with Crippen molar-refractivity contribution in [2.45, 2.75) is 67.5 Å². The summed E-state index contributed by atoms with van der Waals surface area (Å²) in [4.78, 5) is 35.2. The molecule has 0 aromatic carbocycles. The number of hydrogen-bond acceptors (Lipinski definition) is 9. The second-order valence-electron chi connectivity index (χ2n) is 7.58. The van der Waals surface area contributed by atoms with Crippen LogP contribution in [0.4, 0.5) is 0 Å². The van der Waals surface area contributed by atoms with Crippen molar-refractivity contribution in [3.8, 4) is 0 Å². The number of aliphatic hydroxyl groups excluding tert-OH is 3. The average molecular weight is 454 g/mol. The average Bonchev–Trinajstić information content (AvgIpc) is 2.60. The maximum atomic E-state index is 12.5. The van der Waals surface area contributed by atoms with Gasteiger partial charge in [-0.05, 0) is 13.8 Å². The van der Waals surface area contributed by atoms with Crippen LogP contribution in [0, 0.1) is 5.92 Å². The summed E-state index contributed by atoms with van der Waals surface area (Å²) < 4.78 is 5.37. The van der Waals surface area contributed by atoms with E-state index < -0.39 is 70.1 Å². The van der Waals surface area contributed by atoms with Crippen molar-refractivity contribution >= 4 is 40.9 Å². The van der Waals surface area contributed by atoms with Crippen LogP contribution in [0.5, 0.6) is 0 Å². The summed E-state index contributed by atoms with van der Waals surface area (Å²) in [5.74, 6) is -4.04. The van der Waals surface area contributed by atoms with E-state index in [1.54, 1.807) is 0 Å². The van der Waals surface area contributed by atoms with Gasteiger partial charge in [0.15, 0.2) is 11.4 Å². The SMILES string of the molecule is CC(N)C(=O)CC(NC1C2C(=C(O)CC(O)C2O)C(=O)OC1(C)C(Cl)Cl)C(N)=O. The van der Waals surface area contributed by atoms with Crippen LogP contribution in [-0.4, -0.2) is 73.8 Å². The molecule has 0 radical (unpaired) electrons. The van der Waals surface area contributed by atoms with Crippen LogP contribution in [0.2, 0.25) is 0 Å². The Morgan fingerprint density at radius 2 is 1.97 bits per heavy atom. The maximum Gasteiger partial charge on any atom is 0.338 e. The van der Waals surface area contributed by atoms with Gasteiger partial charge in [0.2, 0.25) is 5.91 Å². The van der Waals surface area contributed by atoms with Crippen LogP contribution in [0.1, 0.15) is 26.7 Å². The van der Waals surface area contributed by atoms with Crippen LogP contribution in [0.25, 0.3) is 0 Å². The van der Waals surface area contributed by atoms with Gasteiger partial charge in [-0.3, -0.25) is 14.9 Å². The highest BCUT2D eigenvalue weighted by Crippen LogP contribution is 2.45. The Morgan fingerprint density at radius 3 is 2.45 bits per heavy atom. The molecule has 7 atom stereocenters. The van der Waals surface area contributed by atoms with E-state index in [-0.39, 0.29) is 18.4 Å². The molecular weight excluding hydrogens is 429 g/mol. The van der Waals surface area contributed by atoms with E-state index in [9.17, 15) is 29.7 Å². The number of primary amides is 1. The number of nitrogens with two attached hydrogens (primary N) is 2. The first kappa shape index (κ1) is 23.8. The summed E-state index contributed by atoms with van der Waals surface area (Å²) >= 11 is 12.1. The molecule has 0 spiro atoms. The molecule has 29 heavy (non-hydrogen) atoms. The number of amides is 1. The van der Waals surface area contributed by atoms with Gasteiger partial charge in [-0.15, -0.1) is 23.2 Å². The highest BCUT2D eigenvalue weighted by Gasteiger charge is 2.59. The lowest BCUT2D eigenvalue weighted by Crippen LogP contribution is -2.69. The van der Waals surface area contributed by atoms with E-state index in [1.807, 2.05) is 0 Å². The van der Waals surface area contributed by atoms with Gasteiger partial charge in [0.25, 0.3) is 0 Å². The molecule has 1 heterocycles. The van der Waals surface area contributed by atoms with Gasteiger partial charge in [0.05, 0.1) is 35.9 Å². The standard InChI is InChI=1S/C17H25Cl2N3O7/c1-5(20)7(23)3-6(14(21)27)22-13-11-10(8(24)4-9(25)12(11)26)15(28)29-17(13,2)16(18)19/h5-6,9,11-13,16,22,24-26H,3-4,20H2,1-2H3,(H2,21,27). The van der Waals surface area contributed by atoms with E-state index in [1.165, 1.54) is 13.8 Å². The summed E-state index contributed by atoms with van der Waals surface area (Å²) in [5, 5.41) is 33.7. The molecule has 1 saturated heterocycles. The molecule has 2 aliphatic rings. The van der Waals surface area contributed by atoms with Crippen molar-refractivity contribution in [2.24, 2.45) is 17.4 Å². The van der Waals surface area contributed by atoms with Gasteiger partial charge in [-0.1, -0.05) is 0 Å². The molecule has 1 aliphatic heterocycles.